The molecule has 3 unspecified atom stereocenters. The van der Waals surface area contributed by atoms with Crippen LogP contribution in [0.3, 0.4) is 0 Å². The van der Waals surface area contributed by atoms with Gasteiger partial charge in [0.1, 0.15) is 12.1 Å². The number of ether oxygens (including phenoxy) is 1. The highest BCUT2D eigenvalue weighted by Crippen LogP contribution is 2.22. The molecule has 0 fully saturated rings. The van der Waals surface area contributed by atoms with Crippen LogP contribution in [0.5, 0.6) is 0 Å². The lowest BCUT2D eigenvalue weighted by molar-refractivity contribution is -0.150. The first-order chi connectivity index (χ1) is 12.1. The Hall–Kier alpha value is -1.84. The van der Waals surface area contributed by atoms with Gasteiger partial charge in [-0.2, -0.15) is 25.7 Å². The monoisotopic (exact) mass is 379 g/mol. The van der Waals surface area contributed by atoms with Gasteiger partial charge in [-0.15, -0.1) is 0 Å². The lowest BCUT2D eigenvalue weighted by Crippen LogP contribution is -2.32. The van der Waals surface area contributed by atoms with Gasteiger partial charge in [0.2, 0.25) is 0 Å². The molecule has 0 N–H and O–H groups in total. The average molecular weight is 380 g/mol. The SMILES string of the molecule is CC(C)C(N=NC(C)(C)C)C(C)OC(=O)CCC(C)(C#N)N=NC(C)(C)C. The summed E-state index contributed by atoms with van der Waals surface area (Å²) in [5.74, 6) is -0.185. The van der Waals surface area contributed by atoms with Crippen LogP contribution in [0.25, 0.3) is 0 Å². The molecule has 7 heteroatoms. The van der Waals surface area contributed by atoms with E-state index in [1.165, 1.54) is 0 Å². The molecule has 0 aromatic heterocycles. The molecule has 7 nitrogen and oxygen atoms in total. The van der Waals surface area contributed by atoms with Crippen molar-refractivity contribution in [3.8, 4) is 6.07 Å². The van der Waals surface area contributed by atoms with E-state index in [9.17, 15) is 10.1 Å². The van der Waals surface area contributed by atoms with Crippen LogP contribution in [0.4, 0.5) is 0 Å². The van der Waals surface area contributed by atoms with E-state index in [0.717, 1.165) is 0 Å². The van der Waals surface area contributed by atoms with E-state index in [1.54, 1.807) is 6.92 Å². The second-order valence-corrected chi connectivity index (χ2v) is 9.57. The Labute approximate surface area is 164 Å². The molecule has 0 aliphatic heterocycles. The van der Waals surface area contributed by atoms with Crippen molar-refractivity contribution < 1.29 is 9.53 Å². The minimum Gasteiger partial charge on any atom is -0.460 e. The molecule has 0 radical (unpaired) electrons. The summed E-state index contributed by atoms with van der Waals surface area (Å²) in [6.07, 6.45) is -0.0448. The summed E-state index contributed by atoms with van der Waals surface area (Å²) in [5, 5.41) is 26.4. The maximum absolute atomic E-state index is 12.3. The molecule has 0 aliphatic carbocycles. The standard InChI is InChI=1S/C20H37N5O2/c1-14(2)17(22-23-18(4,5)6)15(3)27-16(26)11-12-20(10,13-21)25-24-19(7,8)9/h14-15,17H,11-12H2,1-10H3. The molecule has 0 amide bonds. The van der Waals surface area contributed by atoms with Crippen LogP contribution in [0.15, 0.2) is 20.5 Å². The van der Waals surface area contributed by atoms with E-state index in [0.29, 0.717) is 0 Å². The first-order valence-corrected chi connectivity index (χ1v) is 9.55. The number of hydrogen-bond acceptors (Lipinski definition) is 7. The molecule has 0 aliphatic rings. The second kappa shape index (κ2) is 9.91. The van der Waals surface area contributed by atoms with Crippen LogP contribution in [0.2, 0.25) is 0 Å². The highest BCUT2D eigenvalue weighted by molar-refractivity contribution is 5.69. The second-order valence-electron chi connectivity index (χ2n) is 9.57. The summed E-state index contributed by atoms with van der Waals surface area (Å²) in [7, 11) is 0. The van der Waals surface area contributed by atoms with E-state index in [2.05, 4.69) is 26.5 Å². The van der Waals surface area contributed by atoms with Crippen LogP contribution in [0.1, 0.15) is 82.1 Å². The van der Waals surface area contributed by atoms with Crippen molar-refractivity contribution in [2.24, 2.45) is 26.4 Å². The number of hydrogen-bond donors (Lipinski definition) is 0. The number of rotatable bonds is 8. The van der Waals surface area contributed by atoms with Crippen LogP contribution in [0, 0.1) is 17.2 Å². The summed E-state index contributed by atoms with van der Waals surface area (Å²) in [4.78, 5) is 12.3. The number of nitriles is 1. The van der Waals surface area contributed by atoms with Crippen molar-refractivity contribution in [2.75, 3.05) is 0 Å². The lowest BCUT2D eigenvalue weighted by atomic mass is 9.98. The van der Waals surface area contributed by atoms with Gasteiger partial charge in [0.05, 0.1) is 17.1 Å². The lowest BCUT2D eigenvalue weighted by Gasteiger charge is -2.24. The Morgan fingerprint density at radius 2 is 1.48 bits per heavy atom. The third kappa shape index (κ3) is 11.5. The summed E-state index contributed by atoms with van der Waals surface area (Å²) in [5.41, 5.74) is -1.68. The van der Waals surface area contributed by atoms with Crippen molar-refractivity contribution >= 4 is 5.97 Å². The normalized spacial score (nSPS) is 17.7. The molecule has 3 atom stereocenters. The molecule has 0 heterocycles. The van der Waals surface area contributed by atoms with Gasteiger partial charge in [0.15, 0.2) is 5.54 Å². The van der Waals surface area contributed by atoms with Gasteiger partial charge >= 0.3 is 5.97 Å². The Morgan fingerprint density at radius 3 is 1.89 bits per heavy atom. The zero-order valence-corrected chi connectivity index (χ0v) is 18.7. The van der Waals surface area contributed by atoms with Crippen molar-refractivity contribution in [1.82, 2.24) is 0 Å². The van der Waals surface area contributed by atoms with Crippen molar-refractivity contribution in [1.29, 1.82) is 5.26 Å². The van der Waals surface area contributed by atoms with Crippen molar-refractivity contribution in [3.05, 3.63) is 0 Å². The van der Waals surface area contributed by atoms with E-state index in [1.807, 2.05) is 62.3 Å². The quantitative estimate of drug-likeness (QED) is 0.410. The summed E-state index contributed by atoms with van der Waals surface area (Å²) < 4.78 is 5.55. The fourth-order valence-electron chi connectivity index (χ4n) is 2.08. The number of carbonyl (C=O) groups is 1. The van der Waals surface area contributed by atoms with Crippen LogP contribution >= 0.6 is 0 Å². The molecule has 154 valence electrons. The molecule has 0 spiro atoms. The van der Waals surface area contributed by atoms with Gasteiger partial charge in [0, 0.05) is 6.42 Å². The van der Waals surface area contributed by atoms with E-state index in [4.69, 9.17) is 4.74 Å². The van der Waals surface area contributed by atoms with Gasteiger partial charge in [-0.25, -0.2) is 0 Å². The maximum Gasteiger partial charge on any atom is 0.306 e. The Kier molecular flexibility index (Phi) is 9.24. The van der Waals surface area contributed by atoms with Gasteiger partial charge in [-0.05, 0) is 67.7 Å². The molecule has 0 rings (SSSR count). The predicted octanol–water partition coefficient (Wildman–Crippen LogP) is 5.51. The Morgan fingerprint density at radius 1 is 0.963 bits per heavy atom. The van der Waals surface area contributed by atoms with Gasteiger partial charge in [-0.3, -0.25) is 4.79 Å². The number of carbonyl (C=O) groups excluding carboxylic acids is 1. The molecule has 0 aromatic rings. The van der Waals surface area contributed by atoms with Crippen LogP contribution < -0.4 is 0 Å². The molecule has 27 heavy (non-hydrogen) atoms. The number of esters is 1. The molecule has 0 aromatic carbocycles. The largest absolute Gasteiger partial charge is 0.460 e. The molecule has 0 bridgehead atoms. The van der Waals surface area contributed by atoms with Crippen LogP contribution in [-0.2, 0) is 9.53 Å². The van der Waals surface area contributed by atoms with Crippen LogP contribution in [-0.4, -0.2) is 34.7 Å². The molecule has 0 saturated carbocycles. The third-order valence-corrected chi connectivity index (χ3v) is 3.60. The summed E-state index contributed by atoms with van der Waals surface area (Å²) in [6.45, 7) is 19.2. The highest BCUT2D eigenvalue weighted by Gasteiger charge is 2.28. The topological polar surface area (TPSA) is 99.5 Å². The Balaban J connectivity index is 4.90. The van der Waals surface area contributed by atoms with E-state index < -0.39 is 11.6 Å². The van der Waals surface area contributed by atoms with Gasteiger partial charge in [-0.1, -0.05) is 13.8 Å². The number of nitrogens with zero attached hydrogens (tertiary/aromatic N) is 5. The number of azo groups is 2. The first-order valence-electron chi connectivity index (χ1n) is 9.55. The smallest absolute Gasteiger partial charge is 0.306 e. The zero-order valence-electron chi connectivity index (χ0n) is 18.7. The summed E-state index contributed by atoms with van der Waals surface area (Å²) >= 11 is 0. The van der Waals surface area contributed by atoms with E-state index in [-0.39, 0.29) is 41.8 Å². The fraction of sp³-hybridized carbons (Fsp3) is 0.900. The summed E-state index contributed by atoms with van der Waals surface area (Å²) in [6, 6.07) is 1.92. The zero-order chi connectivity index (χ0) is 21.5. The van der Waals surface area contributed by atoms with Crippen molar-refractivity contribution in [2.45, 2.75) is 111 Å². The average Bonchev–Trinajstić information content (AvgIpc) is 2.49. The predicted molar refractivity (Wildman–Crippen MR) is 107 cm³/mol. The third-order valence-electron chi connectivity index (χ3n) is 3.60. The highest BCUT2D eigenvalue weighted by atomic mass is 16.5. The first kappa shape index (κ1) is 25.2. The molecular weight excluding hydrogens is 342 g/mol. The molecule has 0 saturated heterocycles. The van der Waals surface area contributed by atoms with Crippen molar-refractivity contribution in [3.63, 3.8) is 0 Å². The Bertz CT molecular complexity index is 579. The van der Waals surface area contributed by atoms with E-state index >= 15 is 0 Å². The maximum atomic E-state index is 12.3. The fourth-order valence-corrected chi connectivity index (χ4v) is 2.08. The van der Waals surface area contributed by atoms with Gasteiger partial charge < -0.3 is 4.74 Å². The van der Waals surface area contributed by atoms with Gasteiger partial charge in [0.25, 0.3) is 0 Å². The molecular formula is C20H37N5O2. The minimum atomic E-state index is -1.04. The minimum absolute atomic E-state index is 0.0960.